The maximum absolute atomic E-state index is 12.3. The molecule has 0 radical (unpaired) electrons. The zero-order chi connectivity index (χ0) is 14.4. The molecule has 1 aliphatic rings. The number of aryl methyl sites for hydroxylation is 1. The van der Waals surface area contributed by atoms with Gasteiger partial charge in [-0.25, -0.2) is 0 Å². The third kappa shape index (κ3) is 4.90. The summed E-state index contributed by atoms with van der Waals surface area (Å²) in [5.74, 6) is 1.08. The number of nitrogens with zero attached hydrogens (tertiary/aromatic N) is 1. The van der Waals surface area contributed by atoms with Crippen LogP contribution in [0.1, 0.15) is 31.2 Å². The number of hydrogen-bond donors (Lipinski definition) is 1. The van der Waals surface area contributed by atoms with Gasteiger partial charge in [0.2, 0.25) is 5.91 Å². The van der Waals surface area contributed by atoms with Crippen molar-refractivity contribution in [2.75, 3.05) is 20.2 Å². The van der Waals surface area contributed by atoms with Crippen LogP contribution in [0.5, 0.6) is 5.75 Å². The van der Waals surface area contributed by atoms with Crippen molar-refractivity contribution in [3.63, 3.8) is 0 Å². The van der Waals surface area contributed by atoms with Crippen LogP contribution in [0.25, 0.3) is 0 Å². The highest BCUT2D eigenvalue weighted by Crippen LogP contribution is 2.18. The topological polar surface area (TPSA) is 55.6 Å². The molecular weight excluding hydrogens is 288 g/mol. The molecule has 1 atom stereocenters. The molecule has 1 amide bonds. The minimum absolute atomic E-state index is 0. The minimum Gasteiger partial charge on any atom is -0.497 e. The largest absolute Gasteiger partial charge is 0.497 e. The lowest BCUT2D eigenvalue weighted by Crippen LogP contribution is -2.47. The third-order valence-electron chi connectivity index (χ3n) is 4.01. The summed E-state index contributed by atoms with van der Waals surface area (Å²) in [6.07, 6.45) is 4.67. The number of benzene rings is 1. The fraction of sp³-hybridized carbons (Fsp3) is 0.562. The molecule has 1 aromatic carbocycles. The Morgan fingerprint density at radius 1 is 1.33 bits per heavy atom. The van der Waals surface area contributed by atoms with E-state index >= 15 is 0 Å². The number of amides is 1. The fourth-order valence-corrected chi connectivity index (χ4v) is 2.76. The van der Waals surface area contributed by atoms with Crippen LogP contribution in [-0.2, 0) is 11.2 Å². The van der Waals surface area contributed by atoms with E-state index in [1.54, 1.807) is 7.11 Å². The van der Waals surface area contributed by atoms with E-state index in [1.165, 1.54) is 12.0 Å². The van der Waals surface area contributed by atoms with Gasteiger partial charge in [-0.1, -0.05) is 12.1 Å². The van der Waals surface area contributed by atoms with Crippen LogP contribution in [0.3, 0.4) is 0 Å². The van der Waals surface area contributed by atoms with Crippen LogP contribution in [0.4, 0.5) is 0 Å². The first-order valence-electron chi connectivity index (χ1n) is 7.37. The lowest BCUT2D eigenvalue weighted by molar-refractivity contribution is -0.134. The van der Waals surface area contributed by atoms with Crippen LogP contribution in [0.15, 0.2) is 24.3 Å². The lowest BCUT2D eigenvalue weighted by atomic mass is 10.0. The molecule has 0 aromatic heterocycles. The SMILES string of the molecule is COc1ccc(CCC(=O)N2CCCCC2CN)cc1.Cl. The second-order valence-electron chi connectivity index (χ2n) is 5.32. The molecule has 0 bridgehead atoms. The zero-order valence-corrected chi connectivity index (χ0v) is 13.4. The van der Waals surface area contributed by atoms with Gasteiger partial charge in [-0.3, -0.25) is 4.79 Å². The van der Waals surface area contributed by atoms with E-state index in [4.69, 9.17) is 10.5 Å². The van der Waals surface area contributed by atoms with Crippen LogP contribution in [-0.4, -0.2) is 37.0 Å². The summed E-state index contributed by atoms with van der Waals surface area (Å²) in [7, 11) is 1.65. The monoisotopic (exact) mass is 312 g/mol. The Bertz CT molecular complexity index is 436. The van der Waals surface area contributed by atoms with E-state index in [9.17, 15) is 4.79 Å². The molecule has 2 rings (SSSR count). The zero-order valence-electron chi connectivity index (χ0n) is 12.6. The molecule has 1 saturated heterocycles. The molecule has 1 aliphatic heterocycles. The van der Waals surface area contributed by atoms with Crippen molar-refractivity contribution < 1.29 is 9.53 Å². The Morgan fingerprint density at radius 2 is 2.05 bits per heavy atom. The standard InChI is InChI=1S/C16H24N2O2.ClH/c1-20-15-8-5-13(6-9-15)7-10-16(19)18-11-3-2-4-14(18)12-17;/h5-6,8-9,14H,2-4,7,10-12,17H2,1H3;1H. The second-order valence-corrected chi connectivity index (χ2v) is 5.32. The smallest absolute Gasteiger partial charge is 0.223 e. The Morgan fingerprint density at radius 3 is 2.67 bits per heavy atom. The number of carbonyl (C=O) groups excluding carboxylic acids is 1. The van der Waals surface area contributed by atoms with Gasteiger partial charge in [0.1, 0.15) is 5.75 Å². The summed E-state index contributed by atoms with van der Waals surface area (Å²) >= 11 is 0. The van der Waals surface area contributed by atoms with Gasteiger partial charge >= 0.3 is 0 Å². The molecule has 1 unspecified atom stereocenters. The summed E-state index contributed by atoms with van der Waals surface area (Å²) in [5.41, 5.74) is 6.93. The molecule has 1 heterocycles. The summed E-state index contributed by atoms with van der Waals surface area (Å²) < 4.78 is 5.13. The van der Waals surface area contributed by atoms with Gasteiger partial charge in [-0.05, 0) is 43.4 Å². The van der Waals surface area contributed by atoms with E-state index in [0.29, 0.717) is 13.0 Å². The van der Waals surface area contributed by atoms with Gasteiger partial charge in [0.25, 0.3) is 0 Å². The number of ether oxygens (including phenoxy) is 1. The number of carbonyl (C=O) groups is 1. The van der Waals surface area contributed by atoms with E-state index in [0.717, 1.165) is 31.6 Å². The molecule has 5 heteroatoms. The number of piperidine rings is 1. The van der Waals surface area contributed by atoms with E-state index < -0.39 is 0 Å². The predicted molar refractivity (Wildman–Crippen MR) is 87.0 cm³/mol. The van der Waals surface area contributed by atoms with E-state index in [1.807, 2.05) is 29.2 Å². The number of likely N-dealkylation sites (tertiary alicyclic amines) is 1. The van der Waals surface area contributed by atoms with E-state index in [-0.39, 0.29) is 24.4 Å². The second kappa shape index (κ2) is 8.90. The van der Waals surface area contributed by atoms with Crippen molar-refractivity contribution in [3.8, 4) is 5.75 Å². The van der Waals surface area contributed by atoms with Crippen molar-refractivity contribution in [2.24, 2.45) is 5.73 Å². The predicted octanol–water partition coefficient (Wildman–Crippen LogP) is 2.39. The van der Waals surface area contributed by atoms with Crippen LogP contribution < -0.4 is 10.5 Å². The van der Waals surface area contributed by atoms with Crippen LogP contribution in [0, 0.1) is 0 Å². The quantitative estimate of drug-likeness (QED) is 0.908. The highest BCUT2D eigenvalue weighted by Gasteiger charge is 2.24. The normalized spacial score (nSPS) is 18.0. The molecule has 1 aromatic rings. The van der Waals surface area contributed by atoms with Crippen molar-refractivity contribution >= 4 is 18.3 Å². The highest BCUT2D eigenvalue weighted by atomic mass is 35.5. The summed E-state index contributed by atoms with van der Waals surface area (Å²) in [5, 5.41) is 0. The van der Waals surface area contributed by atoms with Gasteiger partial charge in [0.15, 0.2) is 0 Å². The van der Waals surface area contributed by atoms with E-state index in [2.05, 4.69) is 0 Å². The average Bonchev–Trinajstić information content (AvgIpc) is 2.53. The number of hydrogen-bond acceptors (Lipinski definition) is 3. The number of halogens is 1. The van der Waals surface area contributed by atoms with Gasteiger partial charge < -0.3 is 15.4 Å². The molecule has 0 saturated carbocycles. The molecule has 118 valence electrons. The van der Waals surface area contributed by atoms with Crippen molar-refractivity contribution in [1.29, 1.82) is 0 Å². The molecule has 4 nitrogen and oxygen atoms in total. The first-order valence-corrected chi connectivity index (χ1v) is 7.37. The van der Waals surface area contributed by atoms with Crippen LogP contribution in [0.2, 0.25) is 0 Å². The Balaban J connectivity index is 0.00000220. The first kappa shape index (κ1) is 17.8. The number of nitrogens with two attached hydrogens (primary N) is 1. The molecular formula is C16H25ClN2O2. The molecule has 1 fully saturated rings. The molecule has 21 heavy (non-hydrogen) atoms. The number of rotatable bonds is 5. The first-order chi connectivity index (χ1) is 9.74. The van der Waals surface area contributed by atoms with Crippen molar-refractivity contribution in [1.82, 2.24) is 4.90 Å². The third-order valence-corrected chi connectivity index (χ3v) is 4.01. The summed E-state index contributed by atoms with van der Waals surface area (Å²) in [6.45, 7) is 1.44. The molecule has 0 spiro atoms. The maximum Gasteiger partial charge on any atom is 0.223 e. The van der Waals surface area contributed by atoms with Gasteiger partial charge in [0, 0.05) is 25.6 Å². The van der Waals surface area contributed by atoms with Crippen LogP contribution >= 0.6 is 12.4 Å². The van der Waals surface area contributed by atoms with Gasteiger partial charge in [-0.2, -0.15) is 0 Å². The fourth-order valence-electron chi connectivity index (χ4n) is 2.76. The maximum atomic E-state index is 12.3. The lowest BCUT2D eigenvalue weighted by Gasteiger charge is -2.35. The Labute approximate surface area is 133 Å². The number of methoxy groups -OCH3 is 1. The summed E-state index contributed by atoms with van der Waals surface area (Å²) in [6, 6.07) is 8.14. The van der Waals surface area contributed by atoms with Gasteiger partial charge in [-0.15, -0.1) is 12.4 Å². The van der Waals surface area contributed by atoms with Crippen molar-refractivity contribution in [3.05, 3.63) is 29.8 Å². The molecule has 2 N–H and O–H groups in total. The van der Waals surface area contributed by atoms with Gasteiger partial charge in [0.05, 0.1) is 7.11 Å². The van der Waals surface area contributed by atoms with Crippen molar-refractivity contribution in [2.45, 2.75) is 38.1 Å². The summed E-state index contributed by atoms with van der Waals surface area (Å²) in [4.78, 5) is 14.3. The Hall–Kier alpha value is -1.26. The highest BCUT2D eigenvalue weighted by molar-refractivity contribution is 5.85. The Kier molecular flexibility index (Phi) is 7.54. The average molecular weight is 313 g/mol. The molecule has 0 aliphatic carbocycles. The minimum atomic E-state index is 0.